The molecular weight excluding hydrogens is 300 g/mol. The molecule has 1 heterocycles. The zero-order valence-electron chi connectivity index (χ0n) is 8.76. The highest BCUT2D eigenvalue weighted by atomic mass is 79.9. The Morgan fingerprint density at radius 1 is 1.24 bits per heavy atom. The van der Waals surface area contributed by atoms with Crippen molar-refractivity contribution < 1.29 is 4.74 Å². The summed E-state index contributed by atoms with van der Waals surface area (Å²) >= 11 is 8.27. The van der Waals surface area contributed by atoms with Crippen molar-refractivity contribution in [2.24, 2.45) is 5.73 Å². The number of rotatable bonds is 3. The molecule has 0 atom stereocenters. The number of nitrogens with two attached hydrogens (primary N) is 1. The van der Waals surface area contributed by atoms with Crippen LogP contribution in [0.15, 0.2) is 47.1 Å². The lowest BCUT2D eigenvalue weighted by Gasteiger charge is -2.08. The Balaban J connectivity index is 2.30. The number of aromatic nitrogens is 1. The molecular formula is C12H9BrN2OS. The molecule has 0 aliphatic rings. The van der Waals surface area contributed by atoms with E-state index in [0.717, 1.165) is 4.47 Å². The molecule has 86 valence electrons. The number of thiocarbonyl (C=S) groups is 1. The third-order valence-corrected chi connectivity index (χ3v) is 2.77. The molecule has 2 aromatic rings. The van der Waals surface area contributed by atoms with Crippen molar-refractivity contribution in [2.45, 2.75) is 0 Å². The third-order valence-electron chi connectivity index (χ3n) is 2.05. The zero-order valence-corrected chi connectivity index (χ0v) is 11.2. The number of hydrogen-bond donors (Lipinski definition) is 1. The average Bonchev–Trinajstić information content (AvgIpc) is 2.32. The highest BCUT2D eigenvalue weighted by Crippen LogP contribution is 2.25. The lowest BCUT2D eigenvalue weighted by Crippen LogP contribution is -2.12. The van der Waals surface area contributed by atoms with Crippen LogP contribution in [0.1, 0.15) is 5.69 Å². The molecule has 17 heavy (non-hydrogen) atoms. The second-order valence-corrected chi connectivity index (χ2v) is 4.63. The van der Waals surface area contributed by atoms with Crippen molar-refractivity contribution in [2.75, 3.05) is 0 Å². The Kier molecular flexibility index (Phi) is 3.71. The molecule has 0 unspecified atom stereocenters. The number of ether oxygens (including phenoxy) is 1. The van der Waals surface area contributed by atoms with Gasteiger partial charge in [0.2, 0.25) is 0 Å². The maximum Gasteiger partial charge on any atom is 0.156 e. The summed E-state index contributed by atoms with van der Waals surface area (Å²) in [6.45, 7) is 0. The van der Waals surface area contributed by atoms with E-state index in [2.05, 4.69) is 20.9 Å². The maximum atomic E-state index is 5.67. The van der Waals surface area contributed by atoms with Gasteiger partial charge in [-0.3, -0.25) is 0 Å². The molecule has 5 heteroatoms. The van der Waals surface area contributed by atoms with Crippen molar-refractivity contribution in [3.8, 4) is 11.5 Å². The standard InChI is InChI=1S/C12H9BrN2OS/c13-8-3-5-9(6-4-8)16-10-2-1-7-15-11(10)12(14)17/h1-7H,(H2,14,17). The molecule has 0 saturated carbocycles. The molecule has 2 rings (SSSR count). The van der Waals surface area contributed by atoms with Crippen molar-refractivity contribution in [1.82, 2.24) is 4.98 Å². The largest absolute Gasteiger partial charge is 0.455 e. The smallest absolute Gasteiger partial charge is 0.156 e. The van der Waals surface area contributed by atoms with Gasteiger partial charge in [0.25, 0.3) is 0 Å². The second-order valence-electron chi connectivity index (χ2n) is 3.27. The number of halogens is 1. The Hall–Kier alpha value is -1.46. The summed E-state index contributed by atoms with van der Waals surface area (Å²) in [6.07, 6.45) is 1.63. The Bertz CT molecular complexity index is 542. The van der Waals surface area contributed by atoms with Gasteiger partial charge in [-0.1, -0.05) is 28.1 Å². The molecule has 1 aromatic heterocycles. The van der Waals surface area contributed by atoms with Crippen LogP contribution in [0.5, 0.6) is 11.5 Å². The van der Waals surface area contributed by atoms with Crippen LogP contribution in [0.3, 0.4) is 0 Å². The summed E-state index contributed by atoms with van der Waals surface area (Å²) in [4.78, 5) is 4.31. The lowest BCUT2D eigenvalue weighted by molar-refractivity contribution is 0.479. The minimum Gasteiger partial charge on any atom is -0.455 e. The molecule has 0 bridgehead atoms. The summed E-state index contributed by atoms with van der Waals surface area (Å²) in [5, 5.41) is 0. The van der Waals surface area contributed by atoms with Gasteiger partial charge in [0.15, 0.2) is 5.75 Å². The van der Waals surface area contributed by atoms with Crippen LogP contribution in [-0.2, 0) is 0 Å². The Morgan fingerprint density at radius 2 is 1.94 bits per heavy atom. The first-order valence-corrected chi connectivity index (χ1v) is 6.05. The summed E-state index contributed by atoms with van der Waals surface area (Å²) in [5.74, 6) is 1.26. The average molecular weight is 309 g/mol. The summed E-state index contributed by atoms with van der Waals surface area (Å²) < 4.78 is 6.67. The van der Waals surface area contributed by atoms with E-state index in [0.29, 0.717) is 17.2 Å². The third kappa shape index (κ3) is 3.01. The Labute approximate surface area is 113 Å². The predicted octanol–water partition coefficient (Wildman–Crippen LogP) is 3.27. The van der Waals surface area contributed by atoms with Crippen LogP contribution in [0, 0.1) is 0 Å². The quantitative estimate of drug-likeness (QED) is 0.884. The number of pyridine rings is 1. The molecule has 0 aliphatic carbocycles. The predicted molar refractivity (Wildman–Crippen MR) is 74.3 cm³/mol. The van der Waals surface area contributed by atoms with E-state index in [1.54, 1.807) is 18.3 Å². The molecule has 0 aliphatic heterocycles. The van der Waals surface area contributed by atoms with Crippen molar-refractivity contribution >= 4 is 33.1 Å². The zero-order chi connectivity index (χ0) is 12.3. The van der Waals surface area contributed by atoms with Gasteiger partial charge in [0.1, 0.15) is 16.4 Å². The van der Waals surface area contributed by atoms with Gasteiger partial charge in [-0.05, 0) is 36.4 Å². The molecule has 0 saturated heterocycles. The molecule has 1 aromatic carbocycles. The van der Waals surface area contributed by atoms with E-state index >= 15 is 0 Å². The maximum absolute atomic E-state index is 5.67. The van der Waals surface area contributed by atoms with Gasteiger partial charge in [0, 0.05) is 10.7 Å². The minimum absolute atomic E-state index is 0.220. The molecule has 0 radical (unpaired) electrons. The van der Waals surface area contributed by atoms with E-state index in [9.17, 15) is 0 Å². The fraction of sp³-hybridized carbons (Fsp3) is 0. The second kappa shape index (κ2) is 5.25. The van der Waals surface area contributed by atoms with Crippen LogP contribution in [0.25, 0.3) is 0 Å². The van der Waals surface area contributed by atoms with E-state index < -0.39 is 0 Å². The molecule has 0 fully saturated rings. The topological polar surface area (TPSA) is 48.1 Å². The van der Waals surface area contributed by atoms with Gasteiger partial charge < -0.3 is 10.5 Å². The number of nitrogens with zero attached hydrogens (tertiary/aromatic N) is 1. The van der Waals surface area contributed by atoms with Crippen LogP contribution in [0.2, 0.25) is 0 Å². The first kappa shape index (κ1) is 12.0. The summed E-state index contributed by atoms with van der Waals surface area (Å²) in [7, 11) is 0. The molecule has 0 amide bonds. The van der Waals surface area contributed by atoms with Crippen molar-refractivity contribution in [3.63, 3.8) is 0 Å². The molecule has 3 nitrogen and oxygen atoms in total. The highest BCUT2D eigenvalue weighted by molar-refractivity contribution is 9.10. The van der Waals surface area contributed by atoms with Crippen molar-refractivity contribution in [1.29, 1.82) is 0 Å². The van der Waals surface area contributed by atoms with Crippen LogP contribution >= 0.6 is 28.1 Å². The van der Waals surface area contributed by atoms with Gasteiger partial charge >= 0.3 is 0 Å². The number of benzene rings is 1. The fourth-order valence-corrected chi connectivity index (χ4v) is 1.71. The van der Waals surface area contributed by atoms with Gasteiger partial charge in [-0.2, -0.15) is 0 Å². The van der Waals surface area contributed by atoms with Crippen molar-refractivity contribution in [3.05, 3.63) is 52.8 Å². The van der Waals surface area contributed by atoms with Crippen LogP contribution in [-0.4, -0.2) is 9.97 Å². The SMILES string of the molecule is NC(=S)c1ncccc1Oc1ccc(Br)cc1. The monoisotopic (exact) mass is 308 g/mol. The summed E-state index contributed by atoms with van der Waals surface area (Å²) in [5.41, 5.74) is 6.06. The molecule has 0 spiro atoms. The van der Waals surface area contributed by atoms with E-state index in [-0.39, 0.29) is 4.99 Å². The highest BCUT2D eigenvalue weighted by Gasteiger charge is 2.07. The van der Waals surface area contributed by atoms with E-state index in [4.69, 9.17) is 22.7 Å². The first-order valence-electron chi connectivity index (χ1n) is 4.85. The van der Waals surface area contributed by atoms with Gasteiger partial charge in [-0.25, -0.2) is 4.98 Å². The van der Waals surface area contributed by atoms with Gasteiger partial charge in [-0.15, -0.1) is 0 Å². The number of hydrogen-bond acceptors (Lipinski definition) is 3. The Morgan fingerprint density at radius 3 is 2.59 bits per heavy atom. The first-order chi connectivity index (χ1) is 8.16. The van der Waals surface area contributed by atoms with Gasteiger partial charge in [0.05, 0.1) is 0 Å². The minimum atomic E-state index is 0.220. The normalized spacial score (nSPS) is 9.94. The van der Waals surface area contributed by atoms with Crippen LogP contribution < -0.4 is 10.5 Å². The summed E-state index contributed by atoms with van der Waals surface area (Å²) in [6, 6.07) is 11.0. The van der Waals surface area contributed by atoms with E-state index in [1.165, 1.54) is 0 Å². The fourth-order valence-electron chi connectivity index (χ4n) is 1.29. The lowest BCUT2D eigenvalue weighted by atomic mass is 10.3. The van der Waals surface area contributed by atoms with Crippen LogP contribution in [0.4, 0.5) is 0 Å². The molecule has 2 N–H and O–H groups in total. The van der Waals surface area contributed by atoms with E-state index in [1.807, 2.05) is 24.3 Å².